The van der Waals surface area contributed by atoms with Crippen molar-refractivity contribution in [1.82, 2.24) is 0 Å². The summed E-state index contributed by atoms with van der Waals surface area (Å²) in [5.41, 5.74) is -0.684. The van der Waals surface area contributed by atoms with Crippen molar-refractivity contribution in [3.63, 3.8) is 0 Å². The van der Waals surface area contributed by atoms with Crippen molar-refractivity contribution in [3.05, 3.63) is 39.9 Å². The molecule has 1 aromatic rings. The van der Waals surface area contributed by atoms with Gasteiger partial charge in [-0.25, -0.2) is 0 Å². The highest BCUT2D eigenvalue weighted by molar-refractivity contribution is 5.97. The summed E-state index contributed by atoms with van der Waals surface area (Å²) in [4.78, 5) is 22.3. The number of hydrogen-bond acceptors (Lipinski definition) is 4. The van der Waals surface area contributed by atoms with Gasteiger partial charge in [-0.2, -0.15) is 5.26 Å². The average Bonchev–Trinajstić information content (AvgIpc) is 2.35. The number of nitro benzene ring substituents is 1. The van der Waals surface area contributed by atoms with Crippen LogP contribution in [0.5, 0.6) is 0 Å². The lowest BCUT2D eigenvalue weighted by Gasteiger charge is -2.51. The normalized spacial score (nSPS) is 25.7. The van der Waals surface area contributed by atoms with Crippen molar-refractivity contribution >= 4 is 11.5 Å². The predicted molar refractivity (Wildman–Crippen MR) is 73.0 cm³/mol. The van der Waals surface area contributed by atoms with E-state index in [1.54, 1.807) is 12.1 Å². The molecule has 0 aromatic heterocycles. The number of hydrogen-bond donors (Lipinski definition) is 0. The summed E-state index contributed by atoms with van der Waals surface area (Å²) in [6, 6.07) is 8.34. The first-order valence-corrected chi connectivity index (χ1v) is 6.43. The predicted octanol–water partition coefficient (Wildman–Crippen LogP) is 3.21. The summed E-state index contributed by atoms with van der Waals surface area (Å²) in [5, 5.41) is 20.2. The Kier molecular flexibility index (Phi) is 3.13. The fraction of sp³-hybridized carbons (Fsp3) is 0.467. The number of nitriles is 1. The van der Waals surface area contributed by atoms with Gasteiger partial charge in [-0.15, -0.1) is 0 Å². The van der Waals surface area contributed by atoms with Gasteiger partial charge in [0.15, 0.2) is 5.78 Å². The Hall–Kier alpha value is -2.22. The minimum Gasteiger partial charge on any atom is -0.298 e. The first-order chi connectivity index (χ1) is 9.24. The van der Waals surface area contributed by atoms with E-state index in [2.05, 4.69) is 6.07 Å². The topological polar surface area (TPSA) is 84.0 Å². The summed E-state index contributed by atoms with van der Waals surface area (Å²) >= 11 is 0. The minimum atomic E-state index is -1.04. The van der Waals surface area contributed by atoms with E-state index in [-0.39, 0.29) is 17.4 Å². The highest BCUT2D eigenvalue weighted by Crippen LogP contribution is 2.59. The highest BCUT2D eigenvalue weighted by atomic mass is 16.6. The van der Waals surface area contributed by atoms with E-state index in [4.69, 9.17) is 0 Å². The van der Waals surface area contributed by atoms with Gasteiger partial charge in [0.05, 0.1) is 11.0 Å². The molecule has 104 valence electrons. The molecule has 0 unspecified atom stereocenters. The van der Waals surface area contributed by atoms with Crippen LogP contribution in [0, 0.1) is 32.3 Å². The largest absolute Gasteiger partial charge is 0.298 e. The molecule has 0 heterocycles. The summed E-state index contributed by atoms with van der Waals surface area (Å²) in [6.07, 6.45) is 0.322. The summed E-state index contributed by atoms with van der Waals surface area (Å²) in [5.74, 6) is -0.239. The zero-order valence-electron chi connectivity index (χ0n) is 11.7. The van der Waals surface area contributed by atoms with E-state index in [9.17, 15) is 20.2 Å². The average molecular weight is 272 g/mol. The summed E-state index contributed by atoms with van der Waals surface area (Å²) in [6.45, 7) is 5.64. The van der Waals surface area contributed by atoms with Crippen LogP contribution in [0.1, 0.15) is 38.7 Å². The monoisotopic (exact) mass is 272 g/mol. The third-order valence-electron chi connectivity index (χ3n) is 4.22. The molecule has 1 aliphatic carbocycles. The van der Waals surface area contributed by atoms with E-state index in [1.807, 2.05) is 20.8 Å². The molecular weight excluding hydrogens is 256 g/mol. The lowest BCUT2D eigenvalue weighted by Crippen LogP contribution is -2.55. The van der Waals surface area contributed by atoms with E-state index in [0.717, 1.165) is 5.56 Å². The standard InChI is InChI=1S/C15H16N2O3/c1-14(2,3)15(9-16)12(8-13(15)18)10-4-6-11(7-5-10)17(19)20/h4-7,12H,8H2,1-3H3/t12-,15+/m0/s1. The molecule has 1 aliphatic rings. The molecule has 0 amide bonds. The Morgan fingerprint density at radius 3 is 2.25 bits per heavy atom. The zero-order valence-corrected chi connectivity index (χ0v) is 11.7. The number of carbonyl (C=O) groups excluding carboxylic acids is 1. The van der Waals surface area contributed by atoms with Gasteiger partial charge in [0.2, 0.25) is 0 Å². The Morgan fingerprint density at radius 2 is 1.90 bits per heavy atom. The van der Waals surface area contributed by atoms with Crippen LogP contribution in [-0.2, 0) is 4.79 Å². The number of non-ortho nitro benzene ring substituents is 1. The maximum Gasteiger partial charge on any atom is 0.269 e. The molecule has 0 saturated heterocycles. The van der Waals surface area contributed by atoms with Gasteiger partial charge in [-0.3, -0.25) is 14.9 Å². The zero-order chi connectivity index (χ0) is 15.1. The summed E-state index contributed by atoms with van der Waals surface area (Å²) in [7, 11) is 0. The number of benzene rings is 1. The molecule has 5 nitrogen and oxygen atoms in total. The van der Waals surface area contributed by atoms with Crippen LogP contribution in [0.3, 0.4) is 0 Å². The molecule has 0 spiro atoms. The molecule has 5 heteroatoms. The second-order valence-electron chi connectivity index (χ2n) is 6.20. The first-order valence-electron chi connectivity index (χ1n) is 6.43. The number of carbonyl (C=O) groups is 1. The van der Waals surface area contributed by atoms with E-state index in [0.29, 0.717) is 6.42 Å². The van der Waals surface area contributed by atoms with Crippen LogP contribution in [0.25, 0.3) is 0 Å². The third-order valence-corrected chi connectivity index (χ3v) is 4.22. The molecule has 0 bridgehead atoms. The quantitative estimate of drug-likeness (QED) is 0.611. The van der Waals surface area contributed by atoms with Crippen LogP contribution in [0.4, 0.5) is 5.69 Å². The molecule has 0 N–H and O–H groups in total. The van der Waals surface area contributed by atoms with Crippen LogP contribution in [0.15, 0.2) is 24.3 Å². The van der Waals surface area contributed by atoms with Gasteiger partial charge < -0.3 is 0 Å². The minimum absolute atomic E-state index is 0.0118. The number of ketones is 1. The van der Waals surface area contributed by atoms with Crippen molar-refractivity contribution in [1.29, 1.82) is 5.26 Å². The van der Waals surface area contributed by atoms with Gasteiger partial charge in [-0.1, -0.05) is 32.9 Å². The second kappa shape index (κ2) is 4.41. The van der Waals surface area contributed by atoms with E-state index in [1.165, 1.54) is 12.1 Å². The van der Waals surface area contributed by atoms with Crippen LogP contribution in [-0.4, -0.2) is 10.7 Å². The van der Waals surface area contributed by atoms with Crippen molar-refractivity contribution < 1.29 is 9.72 Å². The van der Waals surface area contributed by atoms with Gasteiger partial charge in [-0.05, 0) is 11.0 Å². The van der Waals surface area contributed by atoms with Gasteiger partial charge in [0, 0.05) is 24.5 Å². The second-order valence-corrected chi connectivity index (χ2v) is 6.20. The van der Waals surface area contributed by atoms with Crippen molar-refractivity contribution in [2.45, 2.75) is 33.1 Å². The molecule has 20 heavy (non-hydrogen) atoms. The SMILES string of the molecule is CC(C)(C)[C@@]1(C#N)C(=O)C[C@H]1c1ccc([N+](=O)[O-])cc1. The Bertz CT molecular complexity index is 607. The summed E-state index contributed by atoms with van der Waals surface area (Å²) < 4.78 is 0. The number of nitrogens with zero attached hydrogens (tertiary/aromatic N) is 2. The fourth-order valence-corrected chi connectivity index (χ4v) is 3.01. The molecular formula is C15H16N2O3. The third kappa shape index (κ3) is 1.80. The van der Waals surface area contributed by atoms with Crippen LogP contribution >= 0.6 is 0 Å². The highest BCUT2D eigenvalue weighted by Gasteiger charge is 2.62. The van der Waals surface area contributed by atoms with Crippen molar-refractivity contribution in [2.75, 3.05) is 0 Å². The smallest absolute Gasteiger partial charge is 0.269 e. The van der Waals surface area contributed by atoms with Crippen molar-refractivity contribution in [3.8, 4) is 6.07 Å². The first kappa shape index (κ1) is 14.2. The van der Waals surface area contributed by atoms with E-state index < -0.39 is 15.8 Å². The maximum atomic E-state index is 12.1. The molecule has 1 aromatic carbocycles. The van der Waals surface area contributed by atoms with E-state index >= 15 is 0 Å². The van der Waals surface area contributed by atoms with Crippen LogP contribution in [0.2, 0.25) is 0 Å². The maximum absolute atomic E-state index is 12.1. The van der Waals surface area contributed by atoms with Crippen molar-refractivity contribution in [2.24, 2.45) is 10.8 Å². The Labute approximate surface area is 117 Å². The van der Waals surface area contributed by atoms with Gasteiger partial charge >= 0.3 is 0 Å². The Morgan fingerprint density at radius 1 is 1.35 bits per heavy atom. The molecule has 1 saturated carbocycles. The fourth-order valence-electron chi connectivity index (χ4n) is 3.01. The lowest BCUT2D eigenvalue weighted by atomic mass is 9.47. The van der Waals surface area contributed by atoms with Crippen LogP contribution < -0.4 is 0 Å². The Balaban J connectivity index is 2.41. The molecule has 2 rings (SSSR count). The van der Waals surface area contributed by atoms with Gasteiger partial charge in [0.25, 0.3) is 5.69 Å². The number of Topliss-reactive ketones (excluding diaryl/α,β-unsaturated/α-hetero) is 1. The number of rotatable bonds is 2. The molecule has 0 radical (unpaired) electrons. The lowest BCUT2D eigenvalue weighted by molar-refractivity contribution is -0.384. The number of nitro groups is 1. The molecule has 2 atom stereocenters. The van der Waals surface area contributed by atoms with Gasteiger partial charge in [0.1, 0.15) is 5.41 Å². The molecule has 1 fully saturated rings. The molecule has 0 aliphatic heterocycles.